The van der Waals surface area contributed by atoms with Crippen LogP contribution in [0.3, 0.4) is 0 Å². The second-order valence-corrected chi connectivity index (χ2v) is 2.58. The summed E-state index contributed by atoms with van der Waals surface area (Å²) in [6.07, 6.45) is 0.492. The van der Waals surface area contributed by atoms with E-state index in [-0.39, 0.29) is 0 Å². The summed E-state index contributed by atoms with van der Waals surface area (Å²) < 4.78 is 0. The van der Waals surface area contributed by atoms with Crippen LogP contribution in [0.2, 0.25) is 0 Å². The molecule has 0 radical (unpaired) electrons. The van der Waals surface area contributed by atoms with E-state index in [1.54, 1.807) is 0 Å². The normalized spacial score (nSPS) is 14.3. The fourth-order valence-electron chi connectivity index (χ4n) is 0.0594. The monoisotopic (exact) mass is 160 g/mol. The minimum Gasteiger partial charge on any atom is -0.302 e. The van der Waals surface area contributed by atoms with Crippen LogP contribution >= 0.6 is 34.8 Å². The highest BCUT2D eigenvalue weighted by molar-refractivity contribution is 6.50. The van der Waals surface area contributed by atoms with Crippen molar-refractivity contribution in [3.63, 3.8) is 0 Å². The first-order valence-corrected chi connectivity index (χ1v) is 2.87. The summed E-state index contributed by atoms with van der Waals surface area (Å²) >= 11 is 15.4. The van der Waals surface area contributed by atoms with Crippen molar-refractivity contribution in [2.75, 3.05) is 0 Å². The van der Waals surface area contributed by atoms with Gasteiger partial charge in [0, 0.05) is 0 Å². The summed E-state index contributed by atoms with van der Waals surface area (Å²) in [4.78, 5) is 8.85. The van der Waals surface area contributed by atoms with Crippen molar-refractivity contribution in [1.82, 2.24) is 0 Å². The van der Waals surface area contributed by atoms with Gasteiger partial charge in [0.15, 0.2) is 0 Å². The van der Waals surface area contributed by atoms with Gasteiger partial charge in [-0.15, -0.1) is 34.8 Å². The molecule has 0 N–H and O–H groups in total. The molecule has 0 aromatic heterocycles. The molecule has 1 unspecified atom stereocenters. The van der Waals surface area contributed by atoms with E-state index in [4.69, 9.17) is 34.8 Å². The van der Waals surface area contributed by atoms with Gasteiger partial charge in [0.1, 0.15) is 16.5 Å². The van der Waals surface area contributed by atoms with Gasteiger partial charge in [0.2, 0.25) is 0 Å². The van der Waals surface area contributed by atoms with Gasteiger partial charge in [-0.3, -0.25) is 0 Å². The molecule has 0 saturated heterocycles. The Hall–Kier alpha value is 0.540. The Kier molecular flexibility index (Phi) is 3.80. The molecule has 4 heteroatoms. The molecule has 0 saturated carbocycles. The predicted molar refractivity (Wildman–Crippen MR) is 31.2 cm³/mol. The van der Waals surface area contributed by atoms with Crippen molar-refractivity contribution in [1.29, 1.82) is 0 Å². The number of halogens is 3. The maximum absolute atomic E-state index is 9.65. The molecule has 0 aromatic rings. The van der Waals surface area contributed by atoms with Crippen LogP contribution in [-0.2, 0) is 4.79 Å². The Morgan fingerprint density at radius 2 is 1.71 bits per heavy atom. The zero-order chi connectivity index (χ0) is 5.86. The van der Waals surface area contributed by atoms with Crippen LogP contribution in [0.5, 0.6) is 0 Å². The number of hydrogen-bond donors (Lipinski definition) is 0. The molecule has 1 atom stereocenters. The number of carbonyl (C=O) groups excluding carboxylic acids is 1. The smallest absolute Gasteiger partial charge is 0.140 e. The van der Waals surface area contributed by atoms with Crippen LogP contribution < -0.4 is 0 Å². The molecule has 42 valence electrons. The van der Waals surface area contributed by atoms with Gasteiger partial charge in [-0.05, 0) is 0 Å². The molecule has 7 heavy (non-hydrogen) atoms. The van der Waals surface area contributed by atoms with E-state index in [1.807, 2.05) is 0 Å². The minimum atomic E-state index is -0.792. The first kappa shape index (κ1) is 7.54. The number of alkyl halides is 3. The molecule has 0 rings (SSSR count). The Morgan fingerprint density at radius 3 is 1.71 bits per heavy atom. The first-order chi connectivity index (χ1) is 3.18. The van der Waals surface area contributed by atoms with E-state index in [2.05, 4.69) is 0 Å². The Bertz CT molecular complexity index is 63.2. The van der Waals surface area contributed by atoms with Gasteiger partial charge in [0.25, 0.3) is 0 Å². The van der Waals surface area contributed by atoms with E-state index in [0.717, 1.165) is 0 Å². The van der Waals surface area contributed by atoms with Crippen molar-refractivity contribution in [3.8, 4) is 0 Å². The predicted octanol–water partition coefficient (Wildman–Crippen LogP) is 1.60. The molecule has 0 amide bonds. The van der Waals surface area contributed by atoms with E-state index in [1.165, 1.54) is 0 Å². The summed E-state index contributed by atoms with van der Waals surface area (Å²) in [6.45, 7) is 0. The molecule has 0 aliphatic carbocycles. The fourth-order valence-corrected chi connectivity index (χ4v) is 0.178. The molecule has 0 aliphatic heterocycles. The molecule has 0 spiro atoms. The molecular formula is C3H3Cl3O. The van der Waals surface area contributed by atoms with Gasteiger partial charge < -0.3 is 4.79 Å². The third-order valence-electron chi connectivity index (χ3n) is 0.371. The Morgan fingerprint density at radius 1 is 1.29 bits per heavy atom. The van der Waals surface area contributed by atoms with Crippen LogP contribution in [0.4, 0.5) is 0 Å². The molecule has 0 fully saturated rings. The quantitative estimate of drug-likeness (QED) is 0.444. The number of aldehydes is 1. The average molecular weight is 161 g/mol. The fraction of sp³-hybridized carbons (Fsp3) is 0.667. The van der Waals surface area contributed by atoms with Gasteiger partial charge in [0.05, 0.1) is 0 Å². The lowest BCUT2D eigenvalue weighted by molar-refractivity contribution is -0.107. The van der Waals surface area contributed by atoms with Crippen molar-refractivity contribution in [3.05, 3.63) is 0 Å². The summed E-state index contributed by atoms with van der Waals surface area (Å²) in [7, 11) is 0. The summed E-state index contributed by atoms with van der Waals surface area (Å²) in [6, 6.07) is 0. The van der Waals surface area contributed by atoms with E-state index in [9.17, 15) is 4.79 Å². The first-order valence-electron chi connectivity index (χ1n) is 1.56. The van der Waals surface area contributed by atoms with Crippen LogP contribution in [0.15, 0.2) is 0 Å². The SMILES string of the molecule is O=CC(Cl)C(Cl)Cl. The van der Waals surface area contributed by atoms with E-state index < -0.39 is 10.2 Å². The van der Waals surface area contributed by atoms with Gasteiger partial charge >= 0.3 is 0 Å². The molecule has 1 nitrogen and oxygen atoms in total. The van der Waals surface area contributed by atoms with Crippen molar-refractivity contribution >= 4 is 41.1 Å². The van der Waals surface area contributed by atoms with Gasteiger partial charge in [-0.25, -0.2) is 0 Å². The molecular weight excluding hydrogens is 158 g/mol. The standard InChI is InChI=1S/C3H3Cl3O/c4-2(1-7)3(5)6/h1-3H. The lowest BCUT2D eigenvalue weighted by Crippen LogP contribution is -2.08. The Balaban J connectivity index is 3.33. The zero-order valence-corrected chi connectivity index (χ0v) is 5.54. The number of carbonyl (C=O) groups is 1. The lowest BCUT2D eigenvalue weighted by atomic mass is 10.5. The summed E-state index contributed by atoms with van der Waals surface area (Å²) in [5.41, 5.74) is 0. The van der Waals surface area contributed by atoms with Gasteiger partial charge in [-0.2, -0.15) is 0 Å². The van der Waals surface area contributed by atoms with Crippen molar-refractivity contribution < 1.29 is 4.79 Å². The van der Waals surface area contributed by atoms with Crippen LogP contribution in [-0.4, -0.2) is 16.5 Å². The second-order valence-electron chi connectivity index (χ2n) is 0.915. The highest BCUT2D eigenvalue weighted by Crippen LogP contribution is 2.10. The summed E-state index contributed by atoms with van der Waals surface area (Å²) in [5, 5.41) is -0.775. The largest absolute Gasteiger partial charge is 0.302 e. The maximum atomic E-state index is 9.65. The lowest BCUT2D eigenvalue weighted by Gasteiger charge is -1.96. The topological polar surface area (TPSA) is 17.1 Å². The highest BCUT2D eigenvalue weighted by Gasteiger charge is 2.10. The molecule has 0 aliphatic rings. The van der Waals surface area contributed by atoms with Crippen molar-refractivity contribution in [2.45, 2.75) is 10.2 Å². The van der Waals surface area contributed by atoms with Crippen molar-refractivity contribution in [2.24, 2.45) is 0 Å². The average Bonchev–Trinajstić information content (AvgIpc) is 1.65. The molecule has 0 heterocycles. The van der Waals surface area contributed by atoms with Crippen LogP contribution in [0.25, 0.3) is 0 Å². The van der Waals surface area contributed by atoms with Crippen LogP contribution in [0, 0.1) is 0 Å². The number of rotatable bonds is 2. The minimum absolute atomic E-state index is 0.492. The molecule has 0 aromatic carbocycles. The highest BCUT2D eigenvalue weighted by atomic mass is 35.5. The third kappa shape index (κ3) is 3.15. The summed E-state index contributed by atoms with van der Waals surface area (Å²) in [5.74, 6) is 0. The number of hydrogen-bond acceptors (Lipinski definition) is 1. The van der Waals surface area contributed by atoms with Crippen LogP contribution in [0.1, 0.15) is 0 Å². The Labute approximate surface area is 56.5 Å². The maximum Gasteiger partial charge on any atom is 0.140 e. The second kappa shape index (κ2) is 3.53. The van der Waals surface area contributed by atoms with Gasteiger partial charge in [-0.1, -0.05) is 0 Å². The van der Waals surface area contributed by atoms with E-state index >= 15 is 0 Å². The molecule has 0 bridgehead atoms. The zero-order valence-electron chi connectivity index (χ0n) is 3.27. The van der Waals surface area contributed by atoms with E-state index in [0.29, 0.717) is 6.29 Å². The third-order valence-corrected chi connectivity index (χ3v) is 1.53.